The number of amides is 1. The van der Waals surface area contributed by atoms with Crippen LogP contribution < -0.4 is 5.32 Å². The largest absolute Gasteiger partial charge is 0.481 e. The molecule has 0 aromatic carbocycles. The third-order valence-corrected chi connectivity index (χ3v) is 5.78. The molecule has 5 atom stereocenters. The van der Waals surface area contributed by atoms with Gasteiger partial charge in [0, 0.05) is 29.9 Å². The number of carbonyl (C=O) groups excluding carboxylic acids is 1. The number of nitrogens with one attached hydrogen (secondary N) is 1. The maximum Gasteiger partial charge on any atom is 0.306 e. The summed E-state index contributed by atoms with van der Waals surface area (Å²) in [6.07, 6.45) is 4.23. The van der Waals surface area contributed by atoms with Crippen molar-refractivity contribution in [2.24, 2.45) is 23.2 Å². The molecule has 0 radical (unpaired) electrons. The van der Waals surface area contributed by atoms with Gasteiger partial charge >= 0.3 is 5.97 Å². The van der Waals surface area contributed by atoms with Crippen LogP contribution in [0, 0.1) is 23.2 Å². The van der Waals surface area contributed by atoms with Gasteiger partial charge in [0.25, 0.3) is 0 Å². The lowest BCUT2D eigenvalue weighted by molar-refractivity contribution is -0.194. The van der Waals surface area contributed by atoms with Gasteiger partial charge in [0.05, 0.1) is 12.0 Å². The molecule has 118 valence electrons. The zero-order valence-electron chi connectivity index (χ0n) is 12.8. The van der Waals surface area contributed by atoms with Gasteiger partial charge in [-0.2, -0.15) is 0 Å². The van der Waals surface area contributed by atoms with E-state index in [0.717, 1.165) is 19.4 Å². The standard InChI is InChI=1S/C16H25NO4/c1-16(2)12(11-4-3-7-21-13(11)16)17-14(18)9-5-6-10(8-9)15(19)20/h9-13H,3-8H2,1-2H3,(H,17,18)(H,19,20)/t9-,10+,11?,12?,13?/m1/s1. The van der Waals surface area contributed by atoms with Gasteiger partial charge in [-0.3, -0.25) is 9.59 Å². The number of carboxylic acids is 1. The summed E-state index contributed by atoms with van der Waals surface area (Å²) in [7, 11) is 0. The van der Waals surface area contributed by atoms with E-state index in [1.165, 1.54) is 0 Å². The first-order chi connectivity index (χ1) is 9.91. The zero-order valence-corrected chi connectivity index (χ0v) is 12.8. The molecule has 21 heavy (non-hydrogen) atoms. The second kappa shape index (κ2) is 5.27. The van der Waals surface area contributed by atoms with Gasteiger partial charge in [0.15, 0.2) is 0 Å². The van der Waals surface area contributed by atoms with Gasteiger partial charge in [-0.1, -0.05) is 13.8 Å². The molecular formula is C16H25NO4. The topological polar surface area (TPSA) is 75.6 Å². The number of hydrogen-bond donors (Lipinski definition) is 2. The van der Waals surface area contributed by atoms with E-state index in [2.05, 4.69) is 19.2 Å². The van der Waals surface area contributed by atoms with Gasteiger partial charge in [-0.05, 0) is 32.1 Å². The minimum absolute atomic E-state index is 0.0223. The number of ether oxygens (including phenoxy) is 1. The molecule has 1 amide bonds. The lowest BCUT2D eigenvalue weighted by Crippen LogP contribution is -2.70. The minimum atomic E-state index is -0.769. The summed E-state index contributed by atoms with van der Waals surface area (Å²) in [4.78, 5) is 23.4. The lowest BCUT2D eigenvalue weighted by atomic mass is 9.55. The predicted molar refractivity (Wildman–Crippen MR) is 76.6 cm³/mol. The Morgan fingerprint density at radius 3 is 2.57 bits per heavy atom. The molecule has 5 heteroatoms. The SMILES string of the molecule is CC1(C)C(NC(=O)[C@@H]2CC[C@H](C(=O)O)C2)C2CCCOC21. The van der Waals surface area contributed by atoms with Crippen LogP contribution in [0.2, 0.25) is 0 Å². The van der Waals surface area contributed by atoms with E-state index in [9.17, 15) is 9.59 Å². The Morgan fingerprint density at radius 1 is 1.19 bits per heavy atom. The smallest absolute Gasteiger partial charge is 0.306 e. The fourth-order valence-corrected chi connectivity index (χ4v) is 4.53. The van der Waals surface area contributed by atoms with Gasteiger partial charge in [0.1, 0.15) is 0 Å². The molecule has 3 fully saturated rings. The van der Waals surface area contributed by atoms with Crippen molar-refractivity contribution in [2.75, 3.05) is 6.61 Å². The summed E-state index contributed by atoms with van der Waals surface area (Å²) in [5, 5.41) is 12.2. The highest BCUT2D eigenvalue weighted by Crippen LogP contribution is 2.51. The van der Waals surface area contributed by atoms with Crippen molar-refractivity contribution in [3.8, 4) is 0 Å². The second-order valence-electron chi connectivity index (χ2n) is 7.45. The Kier molecular flexibility index (Phi) is 3.72. The summed E-state index contributed by atoms with van der Waals surface area (Å²) in [5.74, 6) is -0.781. The first-order valence-corrected chi connectivity index (χ1v) is 8.06. The van der Waals surface area contributed by atoms with E-state index in [-0.39, 0.29) is 35.3 Å². The van der Waals surface area contributed by atoms with Crippen LogP contribution in [0.4, 0.5) is 0 Å². The lowest BCUT2D eigenvalue weighted by Gasteiger charge is -2.60. The highest BCUT2D eigenvalue weighted by molar-refractivity contribution is 5.81. The molecule has 0 bridgehead atoms. The Bertz CT molecular complexity index is 448. The van der Waals surface area contributed by atoms with Crippen LogP contribution in [0.15, 0.2) is 0 Å². The van der Waals surface area contributed by atoms with Crippen molar-refractivity contribution < 1.29 is 19.4 Å². The molecule has 1 aliphatic heterocycles. The first kappa shape index (κ1) is 14.8. The molecule has 5 nitrogen and oxygen atoms in total. The summed E-state index contributed by atoms with van der Waals surface area (Å²) >= 11 is 0. The molecule has 0 aromatic rings. The van der Waals surface area contributed by atoms with Crippen molar-refractivity contribution >= 4 is 11.9 Å². The molecule has 3 unspecified atom stereocenters. The Morgan fingerprint density at radius 2 is 1.90 bits per heavy atom. The maximum absolute atomic E-state index is 12.4. The zero-order chi connectivity index (χ0) is 15.2. The Labute approximate surface area is 125 Å². The van der Waals surface area contributed by atoms with Crippen LogP contribution in [0.25, 0.3) is 0 Å². The number of carbonyl (C=O) groups is 2. The van der Waals surface area contributed by atoms with Crippen LogP contribution >= 0.6 is 0 Å². The van der Waals surface area contributed by atoms with E-state index in [0.29, 0.717) is 25.2 Å². The van der Waals surface area contributed by atoms with Crippen molar-refractivity contribution in [2.45, 2.75) is 58.1 Å². The van der Waals surface area contributed by atoms with E-state index in [1.807, 2.05) is 0 Å². The molecule has 1 heterocycles. The minimum Gasteiger partial charge on any atom is -0.481 e. The highest BCUT2D eigenvalue weighted by atomic mass is 16.5. The molecule has 2 N–H and O–H groups in total. The van der Waals surface area contributed by atoms with Gasteiger partial charge in [0.2, 0.25) is 5.91 Å². The van der Waals surface area contributed by atoms with E-state index in [1.54, 1.807) is 0 Å². The quantitative estimate of drug-likeness (QED) is 0.832. The molecule has 2 aliphatic carbocycles. The fraction of sp³-hybridized carbons (Fsp3) is 0.875. The summed E-state index contributed by atoms with van der Waals surface area (Å²) in [5.41, 5.74) is -0.0223. The molecular weight excluding hydrogens is 270 g/mol. The number of rotatable bonds is 3. The van der Waals surface area contributed by atoms with E-state index < -0.39 is 5.97 Å². The average Bonchev–Trinajstić information content (AvgIpc) is 2.94. The monoisotopic (exact) mass is 295 g/mol. The highest BCUT2D eigenvalue weighted by Gasteiger charge is 2.58. The molecule has 2 saturated carbocycles. The summed E-state index contributed by atoms with van der Waals surface area (Å²) in [6, 6.07) is 0.166. The van der Waals surface area contributed by atoms with Crippen molar-refractivity contribution in [1.82, 2.24) is 5.32 Å². The normalized spacial score (nSPS) is 41.0. The first-order valence-electron chi connectivity index (χ1n) is 8.06. The van der Waals surface area contributed by atoms with Gasteiger partial charge in [-0.25, -0.2) is 0 Å². The summed E-state index contributed by atoms with van der Waals surface area (Å²) in [6.45, 7) is 5.13. The van der Waals surface area contributed by atoms with Crippen molar-refractivity contribution in [3.63, 3.8) is 0 Å². The molecule has 3 aliphatic rings. The number of hydrogen-bond acceptors (Lipinski definition) is 3. The van der Waals surface area contributed by atoms with E-state index >= 15 is 0 Å². The van der Waals surface area contributed by atoms with E-state index in [4.69, 9.17) is 9.84 Å². The van der Waals surface area contributed by atoms with Crippen LogP contribution in [0.5, 0.6) is 0 Å². The number of aliphatic carboxylic acids is 1. The molecule has 0 aromatic heterocycles. The average molecular weight is 295 g/mol. The van der Waals surface area contributed by atoms with Crippen molar-refractivity contribution in [1.29, 1.82) is 0 Å². The third kappa shape index (κ3) is 2.45. The molecule has 3 rings (SSSR count). The summed E-state index contributed by atoms with van der Waals surface area (Å²) < 4.78 is 5.85. The third-order valence-electron chi connectivity index (χ3n) is 5.78. The predicted octanol–water partition coefficient (Wildman–Crippen LogP) is 1.81. The maximum atomic E-state index is 12.4. The van der Waals surface area contributed by atoms with Crippen LogP contribution in [-0.4, -0.2) is 35.7 Å². The van der Waals surface area contributed by atoms with Gasteiger partial charge < -0.3 is 15.2 Å². The molecule has 0 spiro atoms. The van der Waals surface area contributed by atoms with Crippen LogP contribution in [0.3, 0.4) is 0 Å². The van der Waals surface area contributed by atoms with Crippen molar-refractivity contribution in [3.05, 3.63) is 0 Å². The van der Waals surface area contributed by atoms with Gasteiger partial charge in [-0.15, -0.1) is 0 Å². The second-order valence-corrected chi connectivity index (χ2v) is 7.45. The van der Waals surface area contributed by atoms with Crippen LogP contribution in [-0.2, 0) is 14.3 Å². The Hall–Kier alpha value is -1.10. The Balaban J connectivity index is 1.59. The van der Waals surface area contributed by atoms with Crippen LogP contribution in [0.1, 0.15) is 46.0 Å². The fourth-order valence-electron chi connectivity index (χ4n) is 4.53. The number of carboxylic acid groups (broad SMARTS) is 1. The number of fused-ring (bicyclic) bond motifs is 1. The molecule has 1 saturated heterocycles.